The molecule has 3 aromatic rings. The van der Waals surface area contributed by atoms with Gasteiger partial charge in [0.05, 0.1) is 27.8 Å². The van der Waals surface area contributed by atoms with Crippen LogP contribution in [0.2, 0.25) is 5.02 Å². The number of sulfonamides is 1. The van der Waals surface area contributed by atoms with E-state index in [0.29, 0.717) is 34.4 Å². The van der Waals surface area contributed by atoms with E-state index in [4.69, 9.17) is 17.3 Å². The molecule has 1 aliphatic rings. The molecule has 0 spiro atoms. The Morgan fingerprint density at radius 3 is 2.68 bits per heavy atom. The standard InChI is InChI=1S/C19H14ClFN4O2S/c20-16-9-13(25-28(26,27)14-3-1-2-12(21)8-14)5-6-15(16)17-7-4-11-10-23-19(22)18(11)24-17/h1-9,25H,10H2,(H2,22,23). The minimum atomic E-state index is -3.94. The fraction of sp³-hybridized carbons (Fsp3) is 0.0526. The van der Waals surface area contributed by atoms with Crippen LogP contribution in [-0.4, -0.2) is 19.2 Å². The molecule has 9 heteroatoms. The van der Waals surface area contributed by atoms with E-state index in [1.165, 1.54) is 24.3 Å². The lowest BCUT2D eigenvalue weighted by Gasteiger charge is -2.11. The van der Waals surface area contributed by atoms with Gasteiger partial charge in [-0.15, -0.1) is 0 Å². The Kier molecular flexibility index (Phi) is 4.52. The largest absolute Gasteiger partial charge is 0.382 e. The van der Waals surface area contributed by atoms with Gasteiger partial charge in [-0.3, -0.25) is 9.71 Å². The molecule has 0 unspecified atom stereocenters. The molecule has 4 rings (SSSR count). The fourth-order valence-electron chi connectivity index (χ4n) is 2.87. The smallest absolute Gasteiger partial charge is 0.261 e. The second-order valence-electron chi connectivity index (χ2n) is 6.16. The number of benzene rings is 2. The summed E-state index contributed by atoms with van der Waals surface area (Å²) >= 11 is 6.36. The van der Waals surface area contributed by atoms with Crippen LogP contribution in [0.1, 0.15) is 11.3 Å². The molecule has 142 valence electrons. The molecule has 0 saturated heterocycles. The van der Waals surface area contributed by atoms with E-state index in [0.717, 1.165) is 11.6 Å². The second-order valence-corrected chi connectivity index (χ2v) is 8.25. The normalized spacial score (nSPS) is 13.1. The zero-order valence-corrected chi connectivity index (χ0v) is 15.9. The van der Waals surface area contributed by atoms with Crippen molar-refractivity contribution in [3.05, 3.63) is 76.7 Å². The van der Waals surface area contributed by atoms with Gasteiger partial charge in [-0.2, -0.15) is 0 Å². The van der Waals surface area contributed by atoms with Crippen molar-refractivity contribution in [1.82, 2.24) is 4.98 Å². The third-order valence-electron chi connectivity index (χ3n) is 4.24. The Morgan fingerprint density at radius 2 is 1.93 bits per heavy atom. The van der Waals surface area contributed by atoms with E-state index >= 15 is 0 Å². The van der Waals surface area contributed by atoms with Gasteiger partial charge in [0.1, 0.15) is 17.3 Å². The summed E-state index contributed by atoms with van der Waals surface area (Å²) in [6.07, 6.45) is 0. The lowest BCUT2D eigenvalue weighted by atomic mass is 10.1. The maximum Gasteiger partial charge on any atom is 0.261 e. The van der Waals surface area contributed by atoms with Gasteiger partial charge in [0, 0.05) is 11.1 Å². The highest BCUT2D eigenvalue weighted by atomic mass is 35.5. The van der Waals surface area contributed by atoms with Crippen LogP contribution in [0.25, 0.3) is 11.3 Å². The number of amidine groups is 1. The Bertz CT molecular complexity index is 1230. The maximum atomic E-state index is 13.3. The number of nitrogens with two attached hydrogens (primary N) is 1. The quantitative estimate of drug-likeness (QED) is 0.679. The number of nitrogens with zero attached hydrogens (tertiary/aromatic N) is 2. The van der Waals surface area contributed by atoms with Gasteiger partial charge in [0.2, 0.25) is 0 Å². The zero-order chi connectivity index (χ0) is 19.9. The molecule has 6 nitrogen and oxygen atoms in total. The molecule has 0 atom stereocenters. The van der Waals surface area contributed by atoms with Crippen molar-refractivity contribution in [2.45, 2.75) is 11.4 Å². The number of aliphatic imine (C=N–C) groups is 1. The first-order valence-electron chi connectivity index (χ1n) is 8.22. The Balaban J connectivity index is 1.64. The topological polar surface area (TPSA) is 97.4 Å². The second kappa shape index (κ2) is 6.88. The average molecular weight is 417 g/mol. The molecule has 3 N–H and O–H groups in total. The van der Waals surface area contributed by atoms with Crippen LogP contribution in [0.3, 0.4) is 0 Å². The van der Waals surface area contributed by atoms with E-state index in [1.807, 2.05) is 12.1 Å². The number of rotatable bonds is 4. The van der Waals surface area contributed by atoms with Crippen molar-refractivity contribution in [2.75, 3.05) is 4.72 Å². The van der Waals surface area contributed by atoms with Crippen LogP contribution in [0.4, 0.5) is 10.1 Å². The van der Waals surface area contributed by atoms with Crippen LogP contribution >= 0.6 is 11.6 Å². The molecule has 1 aliphatic heterocycles. The van der Waals surface area contributed by atoms with Gasteiger partial charge in [-0.05, 0) is 42.5 Å². The van der Waals surface area contributed by atoms with E-state index in [2.05, 4.69) is 14.7 Å². The van der Waals surface area contributed by atoms with Crippen LogP contribution in [0.15, 0.2) is 64.5 Å². The molecular formula is C19H14ClFN4O2S. The van der Waals surface area contributed by atoms with Crippen molar-refractivity contribution in [3.8, 4) is 11.3 Å². The van der Waals surface area contributed by atoms with Crippen LogP contribution < -0.4 is 10.5 Å². The van der Waals surface area contributed by atoms with Crippen molar-refractivity contribution in [3.63, 3.8) is 0 Å². The summed E-state index contributed by atoms with van der Waals surface area (Å²) in [5.74, 6) is -0.255. The minimum absolute atomic E-state index is 0.178. The average Bonchev–Trinajstić information content (AvgIpc) is 3.02. The molecule has 0 amide bonds. The first-order valence-corrected chi connectivity index (χ1v) is 10.1. The van der Waals surface area contributed by atoms with Crippen LogP contribution in [0, 0.1) is 5.82 Å². The molecule has 0 fully saturated rings. The number of pyridine rings is 1. The molecule has 0 saturated carbocycles. The zero-order valence-electron chi connectivity index (χ0n) is 14.4. The number of hydrogen-bond donors (Lipinski definition) is 2. The van der Waals surface area contributed by atoms with E-state index < -0.39 is 15.8 Å². The highest BCUT2D eigenvalue weighted by molar-refractivity contribution is 7.92. The third-order valence-corrected chi connectivity index (χ3v) is 5.94. The number of aromatic nitrogens is 1. The van der Waals surface area contributed by atoms with Gasteiger partial charge >= 0.3 is 0 Å². The summed E-state index contributed by atoms with van der Waals surface area (Å²) in [7, 11) is -3.94. The Morgan fingerprint density at radius 1 is 1.11 bits per heavy atom. The van der Waals surface area contributed by atoms with Crippen molar-refractivity contribution in [2.24, 2.45) is 10.7 Å². The predicted molar refractivity (Wildman–Crippen MR) is 106 cm³/mol. The number of nitrogens with one attached hydrogen (secondary N) is 1. The summed E-state index contributed by atoms with van der Waals surface area (Å²) in [5.41, 5.74) is 8.89. The molecular weight excluding hydrogens is 403 g/mol. The van der Waals surface area contributed by atoms with Crippen LogP contribution in [0.5, 0.6) is 0 Å². The lowest BCUT2D eigenvalue weighted by molar-refractivity contribution is 0.595. The van der Waals surface area contributed by atoms with Gasteiger partial charge < -0.3 is 5.73 Å². The van der Waals surface area contributed by atoms with Gasteiger partial charge in [0.25, 0.3) is 10.0 Å². The molecule has 0 bridgehead atoms. The fourth-order valence-corrected chi connectivity index (χ4v) is 4.23. The Hall–Kier alpha value is -2.97. The van der Waals surface area contributed by atoms with E-state index in [9.17, 15) is 12.8 Å². The lowest BCUT2D eigenvalue weighted by Crippen LogP contribution is -2.13. The van der Waals surface area contributed by atoms with Crippen molar-refractivity contribution >= 4 is 33.1 Å². The molecule has 1 aromatic heterocycles. The van der Waals surface area contributed by atoms with Crippen molar-refractivity contribution < 1.29 is 12.8 Å². The molecule has 2 heterocycles. The number of halogens is 2. The van der Waals surface area contributed by atoms with Crippen molar-refractivity contribution in [1.29, 1.82) is 0 Å². The highest BCUT2D eigenvalue weighted by Crippen LogP contribution is 2.31. The van der Waals surface area contributed by atoms with E-state index in [-0.39, 0.29) is 10.6 Å². The summed E-state index contributed by atoms with van der Waals surface area (Å²) in [5, 5.41) is 0.306. The van der Waals surface area contributed by atoms with Crippen LogP contribution in [-0.2, 0) is 16.6 Å². The van der Waals surface area contributed by atoms with E-state index in [1.54, 1.807) is 12.1 Å². The summed E-state index contributed by atoms with van der Waals surface area (Å²) in [6.45, 7) is 0.503. The number of hydrogen-bond acceptors (Lipinski definition) is 5. The first-order chi connectivity index (χ1) is 13.3. The minimum Gasteiger partial charge on any atom is -0.382 e. The first kappa shape index (κ1) is 18.4. The summed E-state index contributed by atoms with van der Waals surface area (Å²) in [4.78, 5) is 8.47. The maximum absolute atomic E-state index is 13.3. The summed E-state index contributed by atoms with van der Waals surface area (Å²) in [6, 6.07) is 13.1. The molecule has 0 aliphatic carbocycles. The SMILES string of the molecule is NC1=NCc2ccc(-c3ccc(NS(=O)(=O)c4cccc(F)c4)cc3Cl)nc21. The molecule has 2 aromatic carbocycles. The Labute approximate surface area is 166 Å². The predicted octanol–water partition coefficient (Wildman–Crippen LogP) is 3.56. The third kappa shape index (κ3) is 3.44. The van der Waals surface area contributed by atoms with Gasteiger partial charge in [0.15, 0.2) is 0 Å². The highest BCUT2D eigenvalue weighted by Gasteiger charge is 2.18. The van der Waals surface area contributed by atoms with Gasteiger partial charge in [-0.25, -0.2) is 17.8 Å². The number of anilines is 1. The summed E-state index contributed by atoms with van der Waals surface area (Å²) < 4.78 is 40.6. The molecule has 0 radical (unpaired) electrons. The monoisotopic (exact) mass is 416 g/mol. The van der Waals surface area contributed by atoms with Gasteiger partial charge in [-0.1, -0.05) is 23.7 Å². The number of fused-ring (bicyclic) bond motifs is 1. The molecule has 28 heavy (non-hydrogen) atoms.